The Kier molecular flexibility index (Phi) is 8.11. The van der Waals surface area contributed by atoms with E-state index in [0.29, 0.717) is 24.6 Å². The summed E-state index contributed by atoms with van der Waals surface area (Å²) in [5.74, 6) is 1.58. The van der Waals surface area contributed by atoms with Crippen molar-refractivity contribution in [2.24, 2.45) is 5.73 Å². The molecule has 152 valence electrons. The second-order valence-corrected chi connectivity index (χ2v) is 6.84. The van der Waals surface area contributed by atoms with E-state index in [0.717, 1.165) is 18.7 Å². The molecule has 7 heteroatoms. The number of benzene rings is 2. The second kappa shape index (κ2) is 10.3. The molecule has 0 unspecified atom stereocenters. The molecule has 28 heavy (non-hydrogen) atoms. The van der Waals surface area contributed by atoms with Crippen molar-refractivity contribution in [2.75, 3.05) is 33.9 Å². The number of likely N-dealkylation sites (tertiary alicyclic amines) is 1. The van der Waals surface area contributed by atoms with Gasteiger partial charge in [-0.25, -0.2) is 0 Å². The molecule has 1 aliphatic rings. The molecular weight excluding hydrogens is 378 g/mol. The zero-order valence-corrected chi connectivity index (χ0v) is 17.1. The molecule has 0 bridgehead atoms. The van der Waals surface area contributed by atoms with Crippen molar-refractivity contribution in [3.8, 4) is 11.5 Å². The lowest BCUT2D eigenvalue weighted by Gasteiger charge is -2.16. The molecule has 0 saturated carbocycles. The molecule has 1 amide bonds. The highest BCUT2D eigenvalue weighted by Crippen LogP contribution is 2.28. The first-order chi connectivity index (χ1) is 13.1. The summed E-state index contributed by atoms with van der Waals surface area (Å²) in [4.78, 5) is 14.5. The van der Waals surface area contributed by atoms with E-state index >= 15 is 0 Å². The van der Waals surface area contributed by atoms with Crippen molar-refractivity contribution in [1.29, 1.82) is 0 Å². The van der Waals surface area contributed by atoms with Gasteiger partial charge in [-0.3, -0.25) is 9.69 Å². The lowest BCUT2D eigenvalue weighted by molar-refractivity contribution is -0.122. The summed E-state index contributed by atoms with van der Waals surface area (Å²) in [6, 6.07) is 15.9. The number of nitrogens with two attached hydrogens (primary N) is 1. The standard InChI is InChI=1S/C21H27N3O3.ClH/c1-26-19-9-8-15(10-20(19)27-2)11-23-21(25)14-24-12-17(18(22)13-24)16-6-4-3-5-7-16;/h3-10,17-18H,11-14,22H2,1-2H3,(H,23,25);1H/t17-,18+;/m0./s1. The molecule has 3 N–H and O–H groups in total. The molecule has 0 radical (unpaired) electrons. The van der Waals surface area contributed by atoms with Crippen LogP contribution in [0.25, 0.3) is 0 Å². The van der Waals surface area contributed by atoms with Gasteiger partial charge < -0.3 is 20.5 Å². The molecule has 0 spiro atoms. The minimum Gasteiger partial charge on any atom is -0.493 e. The third kappa shape index (κ3) is 5.38. The highest BCUT2D eigenvalue weighted by atomic mass is 35.5. The Morgan fingerprint density at radius 2 is 1.82 bits per heavy atom. The third-order valence-corrected chi connectivity index (χ3v) is 4.97. The summed E-state index contributed by atoms with van der Waals surface area (Å²) in [7, 11) is 3.20. The topological polar surface area (TPSA) is 76.8 Å². The first-order valence-corrected chi connectivity index (χ1v) is 9.11. The Bertz CT molecular complexity index is 773. The number of methoxy groups -OCH3 is 2. The van der Waals surface area contributed by atoms with Crippen molar-refractivity contribution in [3.05, 3.63) is 59.7 Å². The average molecular weight is 406 g/mol. The second-order valence-electron chi connectivity index (χ2n) is 6.84. The van der Waals surface area contributed by atoms with Gasteiger partial charge in [-0.2, -0.15) is 0 Å². The average Bonchev–Trinajstić information content (AvgIpc) is 3.06. The maximum atomic E-state index is 12.4. The molecule has 2 aromatic carbocycles. The number of carbonyl (C=O) groups is 1. The van der Waals surface area contributed by atoms with Crippen LogP contribution in [0.4, 0.5) is 0 Å². The van der Waals surface area contributed by atoms with E-state index in [4.69, 9.17) is 15.2 Å². The van der Waals surface area contributed by atoms with Crippen LogP contribution in [0, 0.1) is 0 Å². The number of hydrogen-bond acceptors (Lipinski definition) is 5. The van der Waals surface area contributed by atoms with Gasteiger partial charge in [0, 0.05) is 31.6 Å². The lowest BCUT2D eigenvalue weighted by Crippen LogP contribution is -2.37. The van der Waals surface area contributed by atoms with Crippen LogP contribution in [0.3, 0.4) is 0 Å². The predicted molar refractivity (Wildman–Crippen MR) is 112 cm³/mol. The van der Waals surface area contributed by atoms with Crippen LogP contribution in [0.15, 0.2) is 48.5 Å². The molecule has 2 aromatic rings. The van der Waals surface area contributed by atoms with Crippen molar-refractivity contribution in [1.82, 2.24) is 10.2 Å². The van der Waals surface area contributed by atoms with E-state index in [1.165, 1.54) is 5.56 Å². The fourth-order valence-electron chi connectivity index (χ4n) is 3.55. The van der Waals surface area contributed by atoms with E-state index in [2.05, 4.69) is 22.3 Å². The number of amides is 1. The number of ether oxygens (including phenoxy) is 2. The number of rotatable bonds is 7. The number of nitrogens with zero attached hydrogens (tertiary/aromatic N) is 1. The van der Waals surface area contributed by atoms with Gasteiger partial charge >= 0.3 is 0 Å². The van der Waals surface area contributed by atoms with E-state index in [9.17, 15) is 4.79 Å². The zero-order chi connectivity index (χ0) is 19.2. The van der Waals surface area contributed by atoms with Gasteiger partial charge in [0.1, 0.15) is 0 Å². The summed E-state index contributed by atoms with van der Waals surface area (Å²) in [5, 5.41) is 2.97. The van der Waals surface area contributed by atoms with Crippen molar-refractivity contribution >= 4 is 18.3 Å². The predicted octanol–water partition coefficient (Wildman–Crippen LogP) is 2.17. The number of nitrogens with one attached hydrogen (secondary N) is 1. The molecule has 6 nitrogen and oxygen atoms in total. The first kappa shape index (κ1) is 22.0. The van der Waals surface area contributed by atoms with Gasteiger partial charge in [0.25, 0.3) is 0 Å². The van der Waals surface area contributed by atoms with Crippen LogP contribution in [-0.4, -0.2) is 50.7 Å². The molecule has 3 rings (SSSR count). The maximum absolute atomic E-state index is 12.4. The van der Waals surface area contributed by atoms with Gasteiger partial charge in [-0.1, -0.05) is 36.4 Å². The van der Waals surface area contributed by atoms with Crippen LogP contribution in [0.2, 0.25) is 0 Å². The highest BCUT2D eigenvalue weighted by Gasteiger charge is 2.31. The summed E-state index contributed by atoms with van der Waals surface area (Å²) >= 11 is 0. The summed E-state index contributed by atoms with van der Waals surface area (Å²) in [6.07, 6.45) is 0. The van der Waals surface area contributed by atoms with E-state index in [1.807, 2.05) is 36.4 Å². The van der Waals surface area contributed by atoms with E-state index < -0.39 is 0 Å². The van der Waals surface area contributed by atoms with Crippen molar-refractivity contribution in [2.45, 2.75) is 18.5 Å². The highest BCUT2D eigenvalue weighted by molar-refractivity contribution is 5.85. The Labute approximate surface area is 172 Å². The van der Waals surface area contributed by atoms with Crippen molar-refractivity contribution in [3.63, 3.8) is 0 Å². The first-order valence-electron chi connectivity index (χ1n) is 9.11. The monoisotopic (exact) mass is 405 g/mol. The van der Waals surface area contributed by atoms with Crippen LogP contribution in [-0.2, 0) is 11.3 Å². The fraction of sp³-hybridized carbons (Fsp3) is 0.381. The molecular formula is C21H28ClN3O3. The largest absolute Gasteiger partial charge is 0.493 e. The zero-order valence-electron chi connectivity index (χ0n) is 16.3. The number of halogens is 1. The Balaban J connectivity index is 0.00000280. The van der Waals surface area contributed by atoms with Crippen molar-refractivity contribution < 1.29 is 14.3 Å². The fourth-order valence-corrected chi connectivity index (χ4v) is 3.55. The van der Waals surface area contributed by atoms with E-state index in [1.54, 1.807) is 14.2 Å². The summed E-state index contributed by atoms with van der Waals surface area (Å²) in [6.45, 7) is 2.32. The Morgan fingerprint density at radius 1 is 1.11 bits per heavy atom. The van der Waals surface area contributed by atoms with Gasteiger partial charge in [0.05, 0.1) is 20.8 Å². The minimum absolute atomic E-state index is 0. The Hall–Kier alpha value is -2.28. The third-order valence-electron chi connectivity index (χ3n) is 4.97. The molecule has 1 aliphatic heterocycles. The number of carbonyl (C=O) groups excluding carboxylic acids is 1. The molecule has 0 aromatic heterocycles. The quantitative estimate of drug-likeness (QED) is 0.738. The Morgan fingerprint density at radius 3 is 2.50 bits per heavy atom. The van der Waals surface area contributed by atoms with Crippen LogP contribution in [0.1, 0.15) is 17.0 Å². The van der Waals surface area contributed by atoms with Crippen LogP contribution >= 0.6 is 12.4 Å². The molecule has 1 saturated heterocycles. The smallest absolute Gasteiger partial charge is 0.234 e. The van der Waals surface area contributed by atoms with Gasteiger partial charge in [0.15, 0.2) is 11.5 Å². The number of hydrogen-bond donors (Lipinski definition) is 2. The van der Waals surface area contributed by atoms with Crippen LogP contribution < -0.4 is 20.5 Å². The van der Waals surface area contributed by atoms with Crippen LogP contribution in [0.5, 0.6) is 11.5 Å². The van der Waals surface area contributed by atoms with Gasteiger partial charge in [-0.15, -0.1) is 12.4 Å². The maximum Gasteiger partial charge on any atom is 0.234 e. The SMILES string of the molecule is COc1ccc(CNC(=O)CN2C[C@@H](N)[C@H](c3ccccc3)C2)cc1OC.Cl. The summed E-state index contributed by atoms with van der Waals surface area (Å²) < 4.78 is 10.5. The molecule has 0 aliphatic carbocycles. The summed E-state index contributed by atoms with van der Waals surface area (Å²) in [5.41, 5.74) is 8.50. The molecule has 2 atom stereocenters. The van der Waals surface area contributed by atoms with E-state index in [-0.39, 0.29) is 30.3 Å². The molecule has 1 heterocycles. The van der Waals surface area contributed by atoms with Gasteiger partial charge in [-0.05, 0) is 23.3 Å². The minimum atomic E-state index is -0.00861. The lowest BCUT2D eigenvalue weighted by atomic mass is 9.95. The normalized spacial score (nSPS) is 19.0. The molecule has 1 fully saturated rings. The van der Waals surface area contributed by atoms with Gasteiger partial charge in [0.2, 0.25) is 5.91 Å².